The molecule has 158 valence electrons. The molecule has 31 heavy (non-hydrogen) atoms. The van der Waals surface area contributed by atoms with Crippen LogP contribution in [0.5, 0.6) is 23.0 Å². The molecule has 2 aromatic rings. The Morgan fingerprint density at radius 3 is 1.68 bits per heavy atom. The van der Waals surface area contributed by atoms with E-state index in [1.165, 1.54) is 12.4 Å². The van der Waals surface area contributed by atoms with Crippen molar-refractivity contribution in [3.8, 4) is 23.0 Å². The molecule has 1 aliphatic carbocycles. The van der Waals surface area contributed by atoms with Gasteiger partial charge < -0.3 is 18.9 Å². The second-order valence-corrected chi connectivity index (χ2v) is 7.14. The van der Waals surface area contributed by atoms with Crippen molar-refractivity contribution in [2.24, 2.45) is 22.0 Å². The highest BCUT2D eigenvalue weighted by atomic mass is 16.7. The Hall–Kier alpha value is -4.08. The Kier molecular flexibility index (Phi) is 4.87. The molecular weight excluding hydrogens is 404 g/mol. The molecule has 2 aromatic carbocycles. The number of amides is 2. The van der Waals surface area contributed by atoms with E-state index in [0.717, 1.165) is 11.1 Å². The summed E-state index contributed by atoms with van der Waals surface area (Å²) in [5.41, 5.74) is 6.45. The molecule has 2 amide bonds. The third-order valence-electron chi connectivity index (χ3n) is 5.03. The molecule has 0 unspecified atom stereocenters. The number of carbonyl (C=O) groups is 2. The minimum atomic E-state index is -0.422. The Balaban J connectivity index is 1.08. The van der Waals surface area contributed by atoms with Crippen molar-refractivity contribution >= 4 is 24.2 Å². The molecule has 1 saturated carbocycles. The molecule has 3 aliphatic rings. The van der Waals surface area contributed by atoms with Crippen molar-refractivity contribution in [1.82, 2.24) is 10.9 Å². The van der Waals surface area contributed by atoms with Crippen molar-refractivity contribution < 1.29 is 28.5 Å². The molecule has 1 fully saturated rings. The van der Waals surface area contributed by atoms with Gasteiger partial charge in [-0.05, 0) is 53.9 Å². The first-order valence-electron chi connectivity index (χ1n) is 9.62. The monoisotopic (exact) mass is 422 g/mol. The van der Waals surface area contributed by atoms with Crippen LogP contribution < -0.4 is 29.8 Å². The van der Waals surface area contributed by atoms with E-state index < -0.39 is 11.8 Å². The van der Waals surface area contributed by atoms with E-state index >= 15 is 0 Å². The zero-order valence-corrected chi connectivity index (χ0v) is 16.2. The molecule has 0 radical (unpaired) electrons. The van der Waals surface area contributed by atoms with Crippen LogP contribution in [0.15, 0.2) is 46.6 Å². The average molecular weight is 422 g/mol. The average Bonchev–Trinajstić information content (AvgIpc) is 3.21. The quantitative estimate of drug-likeness (QED) is 0.536. The first-order valence-corrected chi connectivity index (χ1v) is 9.62. The highest BCUT2D eigenvalue weighted by molar-refractivity contribution is 5.93. The predicted molar refractivity (Wildman–Crippen MR) is 108 cm³/mol. The summed E-state index contributed by atoms with van der Waals surface area (Å²) in [7, 11) is 0. The SMILES string of the molecule is O=C(N/N=C\c1ccc2c(c1)OCO2)[C@@H]1C[C@H]1C(=O)N/N=C\c1ccc2c(c1)OCO2. The number of benzene rings is 2. The maximum atomic E-state index is 12.2. The Morgan fingerprint density at radius 2 is 1.19 bits per heavy atom. The van der Waals surface area contributed by atoms with Crippen molar-refractivity contribution in [3.05, 3.63) is 47.5 Å². The van der Waals surface area contributed by atoms with Crippen LogP contribution in [0, 0.1) is 11.8 Å². The standard InChI is InChI=1S/C21H18N4O6/c26-20(24-22-8-12-1-3-16-18(5-12)30-10-28-16)14-7-15(14)21(27)25-23-9-13-2-4-17-19(6-13)31-11-29-17/h1-6,8-9,14-15H,7,10-11H2,(H,24,26)(H,25,27)/b22-8-,23-9-/t14-,15-/m1/s1. The van der Waals surface area contributed by atoms with Gasteiger partial charge in [0.2, 0.25) is 25.4 Å². The van der Waals surface area contributed by atoms with Crippen LogP contribution in [-0.4, -0.2) is 37.8 Å². The number of fused-ring (bicyclic) bond motifs is 2. The van der Waals surface area contributed by atoms with E-state index in [0.29, 0.717) is 29.4 Å². The number of nitrogens with one attached hydrogen (secondary N) is 2. The van der Waals surface area contributed by atoms with Crippen LogP contribution in [0.3, 0.4) is 0 Å². The van der Waals surface area contributed by atoms with Crippen LogP contribution in [0.1, 0.15) is 17.5 Å². The first-order chi connectivity index (χ1) is 15.2. The van der Waals surface area contributed by atoms with Crippen molar-refractivity contribution in [1.29, 1.82) is 0 Å². The predicted octanol–water partition coefficient (Wildman–Crippen LogP) is 1.38. The molecule has 10 heteroatoms. The maximum Gasteiger partial charge on any atom is 0.244 e. The van der Waals surface area contributed by atoms with E-state index in [1.807, 2.05) is 0 Å². The van der Waals surface area contributed by atoms with Crippen LogP contribution in [0.25, 0.3) is 0 Å². The molecule has 2 atom stereocenters. The fraction of sp³-hybridized carbons (Fsp3) is 0.238. The fourth-order valence-electron chi connectivity index (χ4n) is 3.27. The van der Waals surface area contributed by atoms with Gasteiger partial charge in [-0.3, -0.25) is 9.59 Å². The van der Waals surface area contributed by atoms with Crippen molar-refractivity contribution in [2.45, 2.75) is 6.42 Å². The number of rotatable bonds is 6. The lowest BCUT2D eigenvalue weighted by atomic mass is 10.2. The summed E-state index contributed by atoms with van der Waals surface area (Å²) < 4.78 is 21.1. The summed E-state index contributed by atoms with van der Waals surface area (Å²) >= 11 is 0. The lowest BCUT2D eigenvalue weighted by Gasteiger charge is -2.01. The number of nitrogens with zero attached hydrogens (tertiary/aromatic N) is 2. The molecular formula is C21H18N4O6. The third kappa shape index (κ3) is 4.13. The number of ether oxygens (including phenoxy) is 4. The largest absolute Gasteiger partial charge is 0.454 e. The van der Waals surface area contributed by atoms with Gasteiger partial charge in [0.1, 0.15) is 0 Å². The molecule has 5 rings (SSSR count). The summed E-state index contributed by atoms with van der Waals surface area (Å²) in [6, 6.07) is 10.7. The van der Waals surface area contributed by atoms with Crippen molar-refractivity contribution in [3.63, 3.8) is 0 Å². The molecule has 0 spiro atoms. The topological polar surface area (TPSA) is 120 Å². The van der Waals surface area contributed by atoms with E-state index in [9.17, 15) is 9.59 Å². The number of hydrazone groups is 2. The lowest BCUT2D eigenvalue weighted by molar-refractivity contribution is -0.127. The van der Waals surface area contributed by atoms with E-state index in [4.69, 9.17) is 18.9 Å². The molecule has 0 bridgehead atoms. The zero-order chi connectivity index (χ0) is 21.2. The number of carbonyl (C=O) groups excluding carboxylic acids is 2. The maximum absolute atomic E-state index is 12.2. The normalized spacial score (nSPS) is 20.3. The van der Waals surface area contributed by atoms with Crippen LogP contribution >= 0.6 is 0 Å². The summed E-state index contributed by atoms with van der Waals surface area (Å²) in [5.74, 6) is 1.16. The molecule has 0 aromatic heterocycles. The Labute approximate surface area is 176 Å². The highest BCUT2D eigenvalue weighted by Crippen LogP contribution is 2.39. The van der Waals surface area contributed by atoms with Gasteiger partial charge >= 0.3 is 0 Å². The van der Waals surface area contributed by atoms with E-state index in [2.05, 4.69) is 21.1 Å². The minimum Gasteiger partial charge on any atom is -0.454 e. The van der Waals surface area contributed by atoms with Gasteiger partial charge in [-0.25, -0.2) is 10.9 Å². The van der Waals surface area contributed by atoms with Crippen LogP contribution in [0.4, 0.5) is 0 Å². The Morgan fingerprint density at radius 1 is 0.742 bits per heavy atom. The van der Waals surface area contributed by atoms with Crippen LogP contribution in [0.2, 0.25) is 0 Å². The summed E-state index contributed by atoms with van der Waals surface area (Å²) in [6.45, 7) is 0.386. The van der Waals surface area contributed by atoms with Gasteiger partial charge in [0.25, 0.3) is 0 Å². The minimum absolute atomic E-state index is 0.193. The molecule has 0 saturated heterocycles. The van der Waals surface area contributed by atoms with Gasteiger partial charge in [-0.2, -0.15) is 10.2 Å². The smallest absolute Gasteiger partial charge is 0.244 e. The van der Waals surface area contributed by atoms with Gasteiger partial charge in [0.05, 0.1) is 24.3 Å². The van der Waals surface area contributed by atoms with Gasteiger partial charge in [-0.1, -0.05) is 0 Å². The molecule has 10 nitrogen and oxygen atoms in total. The second-order valence-electron chi connectivity index (χ2n) is 7.14. The lowest BCUT2D eigenvalue weighted by Crippen LogP contribution is -2.25. The number of hydrogen-bond donors (Lipinski definition) is 2. The summed E-state index contributed by atoms with van der Waals surface area (Å²) in [6.07, 6.45) is 3.47. The van der Waals surface area contributed by atoms with E-state index in [1.54, 1.807) is 36.4 Å². The van der Waals surface area contributed by atoms with Crippen LogP contribution in [-0.2, 0) is 9.59 Å². The first kappa shape index (κ1) is 18.9. The van der Waals surface area contributed by atoms with Gasteiger partial charge in [0, 0.05) is 0 Å². The van der Waals surface area contributed by atoms with Crippen molar-refractivity contribution in [2.75, 3.05) is 13.6 Å². The third-order valence-corrected chi connectivity index (χ3v) is 5.03. The summed E-state index contributed by atoms with van der Waals surface area (Å²) in [4.78, 5) is 24.4. The molecule has 2 heterocycles. The van der Waals surface area contributed by atoms with Gasteiger partial charge in [-0.15, -0.1) is 0 Å². The highest BCUT2D eigenvalue weighted by Gasteiger charge is 2.48. The Bertz CT molecular complexity index is 1010. The molecule has 2 aliphatic heterocycles. The molecule has 2 N–H and O–H groups in total. The summed E-state index contributed by atoms with van der Waals surface area (Å²) in [5, 5.41) is 7.90. The number of hydrogen-bond acceptors (Lipinski definition) is 8. The fourth-order valence-corrected chi connectivity index (χ4v) is 3.27. The van der Waals surface area contributed by atoms with Gasteiger partial charge in [0.15, 0.2) is 23.0 Å². The zero-order valence-electron chi connectivity index (χ0n) is 16.2. The van der Waals surface area contributed by atoms with E-state index in [-0.39, 0.29) is 25.4 Å². The second kappa shape index (κ2) is 7.98.